The molecule has 2 aliphatic rings. The summed E-state index contributed by atoms with van der Waals surface area (Å²) < 4.78 is 65.0. The van der Waals surface area contributed by atoms with E-state index in [-0.39, 0.29) is 51.8 Å². The number of ether oxygens (including phenoxy) is 5. The van der Waals surface area contributed by atoms with E-state index in [2.05, 4.69) is 15.0 Å². The van der Waals surface area contributed by atoms with Crippen molar-refractivity contribution < 1.29 is 60.9 Å². The summed E-state index contributed by atoms with van der Waals surface area (Å²) >= 11 is 0. The molecular weight excluding hydrogens is 725 g/mol. The van der Waals surface area contributed by atoms with Crippen molar-refractivity contribution in [1.29, 1.82) is 0 Å². The Hall–Kier alpha value is -4.85. The highest BCUT2D eigenvalue weighted by atomic mass is 31.2. The molecule has 4 aromatic rings. The number of hydrogen-bond acceptors (Lipinski definition) is 18. The number of H-pyrrole nitrogens is 1. The second-order valence-corrected chi connectivity index (χ2v) is 15.7. The SMILES string of the molecule is CC(C)(C)OC(=O)COc1cc2oc(=O)cc(COP3(=O)OC[C@H]4O[C@@H](n5cnc6c(=O)[nH]c(N)nc65)[C@H](O)[C@@H]4O3)c2cc1OCC(=O)OC(C)(C)C. The van der Waals surface area contributed by atoms with E-state index < -0.39 is 86.5 Å². The average molecular weight is 764 g/mol. The molecule has 0 radical (unpaired) electrons. The summed E-state index contributed by atoms with van der Waals surface area (Å²) in [6, 6.07) is 3.73. The number of anilines is 1. The van der Waals surface area contributed by atoms with Gasteiger partial charge in [0.05, 0.1) is 19.5 Å². The van der Waals surface area contributed by atoms with E-state index in [0.29, 0.717) is 0 Å². The number of nitrogens with two attached hydrogens (primary N) is 1. The molecule has 0 spiro atoms. The number of fused-ring (bicyclic) bond motifs is 3. The molecule has 2 aliphatic heterocycles. The molecule has 1 unspecified atom stereocenters. The van der Waals surface area contributed by atoms with Gasteiger partial charge < -0.3 is 38.9 Å². The summed E-state index contributed by atoms with van der Waals surface area (Å²) in [5, 5.41) is 11.4. The summed E-state index contributed by atoms with van der Waals surface area (Å²) in [6.45, 7) is 8.18. The van der Waals surface area contributed by atoms with Gasteiger partial charge in [0.1, 0.15) is 35.1 Å². The third-order valence-corrected chi connectivity index (χ3v) is 8.90. The largest absolute Gasteiger partial charge is 0.478 e. The minimum Gasteiger partial charge on any atom is -0.478 e. The molecule has 1 aromatic carbocycles. The van der Waals surface area contributed by atoms with Crippen LogP contribution in [0, 0.1) is 0 Å². The number of rotatable bonds is 10. The van der Waals surface area contributed by atoms with Gasteiger partial charge in [-0.05, 0) is 53.2 Å². The first kappa shape index (κ1) is 37.9. The number of carbonyl (C=O) groups excluding carboxylic acids is 2. The molecule has 0 amide bonds. The molecule has 21 heteroatoms. The van der Waals surface area contributed by atoms with Crippen molar-refractivity contribution >= 4 is 47.8 Å². The third-order valence-electron chi connectivity index (χ3n) is 7.49. The Morgan fingerprint density at radius 1 is 1.04 bits per heavy atom. The quantitative estimate of drug-likeness (QED) is 0.119. The third kappa shape index (κ3) is 8.69. The maximum Gasteiger partial charge on any atom is 0.475 e. The molecule has 286 valence electrons. The minimum absolute atomic E-state index is 0.0353. The molecule has 0 aliphatic carbocycles. The highest BCUT2D eigenvalue weighted by molar-refractivity contribution is 7.48. The molecule has 2 fully saturated rings. The number of nitrogens with one attached hydrogen (secondary N) is 1. The van der Waals surface area contributed by atoms with Gasteiger partial charge in [-0.3, -0.25) is 27.9 Å². The van der Waals surface area contributed by atoms with Crippen molar-refractivity contribution in [1.82, 2.24) is 19.5 Å². The predicted molar refractivity (Wildman–Crippen MR) is 181 cm³/mol. The van der Waals surface area contributed by atoms with Gasteiger partial charge >= 0.3 is 25.4 Å². The molecule has 0 bridgehead atoms. The number of esters is 2. The zero-order valence-corrected chi connectivity index (χ0v) is 30.4. The topological polar surface area (TPSA) is 265 Å². The van der Waals surface area contributed by atoms with E-state index in [9.17, 15) is 28.8 Å². The van der Waals surface area contributed by atoms with Crippen LogP contribution in [0.5, 0.6) is 11.5 Å². The van der Waals surface area contributed by atoms with Gasteiger partial charge in [-0.1, -0.05) is 0 Å². The predicted octanol–water partition coefficient (Wildman–Crippen LogP) is 2.25. The molecule has 5 atom stereocenters. The summed E-state index contributed by atoms with van der Waals surface area (Å²) in [7, 11) is -4.41. The Morgan fingerprint density at radius 3 is 2.32 bits per heavy atom. The molecule has 6 rings (SSSR count). The van der Waals surface area contributed by atoms with E-state index in [4.69, 9.17) is 47.4 Å². The normalized spacial score (nSPS) is 23.2. The van der Waals surface area contributed by atoms with Crippen LogP contribution < -0.4 is 26.4 Å². The lowest BCUT2D eigenvalue weighted by atomic mass is 10.1. The van der Waals surface area contributed by atoms with Crippen LogP contribution >= 0.6 is 7.82 Å². The van der Waals surface area contributed by atoms with Crippen molar-refractivity contribution in [3.8, 4) is 11.5 Å². The van der Waals surface area contributed by atoms with Crippen LogP contribution in [0.3, 0.4) is 0 Å². The molecule has 0 saturated carbocycles. The minimum atomic E-state index is -4.41. The highest BCUT2D eigenvalue weighted by Gasteiger charge is 2.53. The number of aromatic nitrogens is 4. The Labute approximate surface area is 300 Å². The molecule has 5 heterocycles. The average Bonchev–Trinajstić information content (AvgIpc) is 3.60. The number of aliphatic hydroxyl groups is 1. The molecular formula is C32H38N5O15P. The number of nitrogen functional groups attached to an aromatic ring is 1. The highest BCUT2D eigenvalue weighted by Crippen LogP contribution is 2.57. The van der Waals surface area contributed by atoms with Gasteiger partial charge in [0.25, 0.3) is 5.56 Å². The number of aromatic amines is 1. The zero-order valence-electron chi connectivity index (χ0n) is 29.5. The molecule has 3 aromatic heterocycles. The lowest BCUT2D eigenvalue weighted by Gasteiger charge is -2.30. The lowest BCUT2D eigenvalue weighted by Crippen LogP contribution is -2.39. The first-order chi connectivity index (χ1) is 24.8. The molecule has 53 heavy (non-hydrogen) atoms. The first-order valence-electron chi connectivity index (χ1n) is 16.2. The van der Waals surface area contributed by atoms with Gasteiger partial charge in [0.15, 0.2) is 42.1 Å². The van der Waals surface area contributed by atoms with Crippen LogP contribution in [0.2, 0.25) is 0 Å². The smallest absolute Gasteiger partial charge is 0.475 e. The van der Waals surface area contributed by atoms with Crippen LogP contribution in [0.1, 0.15) is 53.3 Å². The van der Waals surface area contributed by atoms with Gasteiger partial charge in [-0.25, -0.2) is 23.9 Å². The second kappa shape index (κ2) is 14.2. The van der Waals surface area contributed by atoms with E-state index in [0.717, 1.165) is 6.07 Å². The Kier molecular flexibility index (Phi) is 10.1. The van der Waals surface area contributed by atoms with Crippen molar-refractivity contribution in [2.45, 2.75) is 83.9 Å². The number of imidazole rings is 1. The van der Waals surface area contributed by atoms with E-state index >= 15 is 0 Å². The number of hydrogen-bond donors (Lipinski definition) is 3. The summed E-state index contributed by atoms with van der Waals surface area (Å²) in [4.78, 5) is 60.2. The number of aliphatic hydroxyl groups excluding tert-OH is 1. The fraction of sp³-hybridized carbons (Fsp3) is 0.500. The Bertz CT molecular complexity index is 2220. The Balaban J connectivity index is 1.22. The van der Waals surface area contributed by atoms with Crippen LogP contribution in [0.25, 0.3) is 22.1 Å². The molecule has 4 N–H and O–H groups in total. The maximum absolute atomic E-state index is 13.7. The van der Waals surface area contributed by atoms with Crippen LogP contribution in [0.4, 0.5) is 5.95 Å². The number of phosphoric ester groups is 1. The number of phosphoric acid groups is 1. The summed E-state index contributed by atoms with van der Waals surface area (Å²) in [5.41, 5.74) is 2.79. The summed E-state index contributed by atoms with van der Waals surface area (Å²) in [5.74, 6) is -1.68. The van der Waals surface area contributed by atoms with Gasteiger partial charge in [0, 0.05) is 17.5 Å². The standard InChI is InChI=1S/C32H38N5O15P/c1-31(2,3)50-22(39)12-44-18-8-16-15(7-21(38)48-17(16)9-19(18)45-13-23(40)51-32(4,5)6)10-46-53(43)47-11-20-26(52-53)25(41)29(49-20)37-14-34-24-27(37)35-30(33)36-28(24)42/h7-9,14,20,25-26,29,41H,10-13H2,1-6H3,(H3,33,35,36,42)/t20-,25-,26-,29-,53?/m1/s1. The summed E-state index contributed by atoms with van der Waals surface area (Å²) in [6.07, 6.45) is -3.52. The number of nitrogens with zero attached hydrogens (tertiary/aromatic N) is 3. The van der Waals surface area contributed by atoms with Crippen LogP contribution in [0.15, 0.2) is 38.5 Å². The van der Waals surface area contributed by atoms with E-state index in [1.165, 1.54) is 23.0 Å². The van der Waals surface area contributed by atoms with Crippen molar-refractivity contribution in [3.05, 3.63) is 50.9 Å². The zero-order chi connectivity index (χ0) is 38.5. The van der Waals surface area contributed by atoms with Gasteiger partial charge in [-0.15, -0.1) is 0 Å². The van der Waals surface area contributed by atoms with Gasteiger partial charge in [0.2, 0.25) is 5.95 Å². The number of benzene rings is 1. The van der Waals surface area contributed by atoms with E-state index in [1.54, 1.807) is 41.5 Å². The van der Waals surface area contributed by atoms with Gasteiger partial charge in [-0.2, -0.15) is 4.98 Å². The van der Waals surface area contributed by atoms with E-state index in [1.807, 2.05) is 0 Å². The number of carbonyl (C=O) groups is 2. The van der Waals surface area contributed by atoms with Crippen molar-refractivity contribution in [2.75, 3.05) is 25.6 Å². The fourth-order valence-corrected chi connectivity index (χ4v) is 6.88. The van der Waals surface area contributed by atoms with Crippen LogP contribution in [-0.2, 0) is 48.5 Å². The maximum atomic E-state index is 13.7. The molecule has 2 saturated heterocycles. The first-order valence-corrected chi connectivity index (χ1v) is 17.7. The fourth-order valence-electron chi connectivity index (χ4n) is 5.50. The monoisotopic (exact) mass is 763 g/mol. The Morgan fingerprint density at radius 2 is 1.68 bits per heavy atom. The van der Waals surface area contributed by atoms with Crippen LogP contribution in [-0.4, -0.2) is 85.9 Å². The lowest BCUT2D eigenvalue weighted by molar-refractivity contribution is -0.158. The molecule has 20 nitrogen and oxygen atoms in total. The van der Waals surface area contributed by atoms with Crippen molar-refractivity contribution in [2.24, 2.45) is 0 Å². The second-order valence-electron chi connectivity index (χ2n) is 14.1. The van der Waals surface area contributed by atoms with Crippen molar-refractivity contribution in [3.63, 3.8) is 0 Å².